The number of allylic oxidation sites excluding steroid dienone is 2. The molecule has 0 spiro atoms. The molecule has 2 atom stereocenters. The average molecular weight is 305 g/mol. The first-order valence-electron chi connectivity index (χ1n) is 8.29. The molecule has 0 aliphatic carbocycles. The lowest BCUT2D eigenvalue weighted by molar-refractivity contribution is 0.448. The summed E-state index contributed by atoms with van der Waals surface area (Å²) in [6.45, 7) is 12.5. The van der Waals surface area contributed by atoms with Crippen molar-refractivity contribution in [3.8, 4) is 0 Å². The molecule has 0 aromatic heterocycles. The minimum Gasteiger partial charge on any atom is -0.359 e. The van der Waals surface area contributed by atoms with E-state index >= 15 is 0 Å². The van der Waals surface area contributed by atoms with Crippen LogP contribution in [0.2, 0.25) is 0 Å². The van der Waals surface area contributed by atoms with Crippen LogP contribution in [-0.4, -0.2) is 0 Å². The SMILES string of the molecule is C=CCC(C)C(C)C(=C)Nc1ccc(Cc2ccccc2)cc1. The van der Waals surface area contributed by atoms with E-state index in [-0.39, 0.29) is 0 Å². The fourth-order valence-corrected chi connectivity index (χ4v) is 2.65. The largest absolute Gasteiger partial charge is 0.359 e. The van der Waals surface area contributed by atoms with E-state index in [0.717, 1.165) is 24.2 Å². The van der Waals surface area contributed by atoms with Gasteiger partial charge in [0.1, 0.15) is 0 Å². The Bertz CT molecular complexity index is 625. The van der Waals surface area contributed by atoms with Gasteiger partial charge in [0.25, 0.3) is 0 Å². The normalized spacial score (nSPS) is 13.1. The van der Waals surface area contributed by atoms with Gasteiger partial charge in [0.05, 0.1) is 0 Å². The van der Waals surface area contributed by atoms with Crippen molar-refractivity contribution in [2.45, 2.75) is 26.7 Å². The van der Waals surface area contributed by atoms with Gasteiger partial charge in [0, 0.05) is 11.4 Å². The summed E-state index contributed by atoms with van der Waals surface area (Å²) in [5.74, 6) is 0.960. The van der Waals surface area contributed by atoms with Gasteiger partial charge in [-0.05, 0) is 47.9 Å². The van der Waals surface area contributed by atoms with Crippen molar-refractivity contribution < 1.29 is 0 Å². The standard InChI is InChI=1S/C22H27N/c1-5-9-17(2)18(3)19(4)23-22-14-12-21(13-15-22)16-20-10-7-6-8-11-20/h5-8,10-15,17-18,23H,1,4,9,16H2,2-3H3. The Kier molecular flexibility index (Phi) is 6.22. The number of benzene rings is 2. The summed E-state index contributed by atoms with van der Waals surface area (Å²) in [7, 11) is 0. The minimum absolute atomic E-state index is 0.414. The highest BCUT2D eigenvalue weighted by Gasteiger charge is 2.14. The molecule has 0 aliphatic heterocycles. The Labute approximate surface area is 140 Å². The maximum Gasteiger partial charge on any atom is 0.0381 e. The monoisotopic (exact) mass is 305 g/mol. The van der Waals surface area contributed by atoms with Crippen LogP contribution in [0.1, 0.15) is 31.4 Å². The molecule has 0 amide bonds. The van der Waals surface area contributed by atoms with Gasteiger partial charge in [0.2, 0.25) is 0 Å². The molecule has 0 fully saturated rings. The molecular weight excluding hydrogens is 278 g/mol. The third-order valence-corrected chi connectivity index (χ3v) is 4.45. The van der Waals surface area contributed by atoms with E-state index in [4.69, 9.17) is 0 Å². The van der Waals surface area contributed by atoms with Crippen molar-refractivity contribution in [3.05, 3.63) is 90.7 Å². The zero-order valence-corrected chi connectivity index (χ0v) is 14.3. The molecule has 1 nitrogen and oxygen atoms in total. The van der Waals surface area contributed by atoms with Crippen LogP contribution in [-0.2, 0) is 6.42 Å². The summed E-state index contributed by atoms with van der Waals surface area (Å²) in [6, 6.07) is 19.2. The van der Waals surface area contributed by atoms with E-state index in [1.807, 2.05) is 6.08 Å². The van der Waals surface area contributed by atoms with Gasteiger partial charge in [-0.15, -0.1) is 6.58 Å². The highest BCUT2D eigenvalue weighted by atomic mass is 14.9. The Morgan fingerprint density at radius 1 is 1.00 bits per heavy atom. The van der Waals surface area contributed by atoms with Crippen molar-refractivity contribution in [2.75, 3.05) is 5.32 Å². The first-order valence-corrected chi connectivity index (χ1v) is 8.29. The lowest BCUT2D eigenvalue weighted by atomic mass is 9.90. The molecule has 1 heteroatoms. The summed E-state index contributed by atoms with van der Waals surface area (Å²) < 4.78 is 0. The Hall–Kier alpha value is -2.28. The molecule has 1 N–H and O–H groups in total. The number of anilines is 1. The number of hydrogen-bond acceptors (Lipinski definition) is 1. The van der Waals surface area contributed by atoms with Gasteiger partial charge in [-0.1, -0.05) is 69.0 Å². The summed E-state index contributed by atoms with van der Waals surface area (Å²) in [6.07, 6.45) is 3.96. The van der Waals surface area contributed by atoms with E-state index in [0.29, 0.717) is 11.8 Å². The van der Waals surface area contributed by atoms with Crippen LogP contribution in [0.15, 0.2) is 79.5 Å². The maximum atomic E-state index is 4.20. The highest BCUT2D eigenvalue weighted by Crippen LogP contribution is 2.24. The second-order valence-corrected chi connectivity index (χ2v) is 6.30. The molecule has 23 heavy (non-hydrogen) atoms. The van der Waals surface area contributed by atoms with Crippen LogP contribution in [0.3, 0.4) is 0 Å². The van der Waals surface area contributed by atoms with E-state index in [2.05, 4.69) is 86.9 Å². The summed E-state index contributed by atoms with van der Waals surface area (Å²) in [4.78, 5) is 0. The molecule has 2 rings (SSSR count). The fourth-order valence-electron chi connectivity index (χ4n) is 2.65. The smallest absolute Gasteiger partial charge is 0.0381 e. The molecule has 0 saturated carbocycles. The van der Waals surface area contributed by atoms with Gasteiger partial charge >= 0.3 is 0 Å². The van der Waals surface area contributed by atoms with Gasteiger partial charge in [-0.3, -0.25) is 0 Å². The molecular formula is C22H27N. The molecule has 0 bridgehead atoms. The molecule has 120 valence electrons. The predicted octanol–water partition coefficient (Wildman–Crippen LogP) is 6.05. The van der Waals surface area contributed by atoms with Crippen molar-refractivity contribution >= 4 is 5.69 Å². The third kappa shape index (κ3) is 5.14. The minimum atomic E-state index is 0.414. The van der Waals surface area contributed by atoms with Crippen LogP contribution < -0.4 is 5.32 Å². The zero-order valence-electron chi connectivity index (χ0n) is 14.3. The molecule has 2 aromatic rings. The zero-order chi connectivity index (χ0) is 16.7. The predicted molar refractivity (Wildman–Crippen MR) is 102 cm³/mol. The molecule has 0 radical (unpaired) electrons. The first kappa shape index (κ1) is 17.1. The fraction of sp³-hybridized carbons (Fsp3) is 0.273. The topological polar surface area (TPSA) is 12.0 Å². The van der Waals surface area contributed by atoms with Gasteiger partial charge in [-0.25, -0.2) is 0 Å². The molecule has 0 saturated heterocycles. The summed E-state index contributed by atoms with van der Waals surface area (Å²) in [5, 5.41) is 3.44. The number of hydrogen-bond donors (Lipinski definition) is 1. The molecule has 2 unspecified atom stereocenters. The lowest BCUT2D eigenvalue weighted by Gasteiger charge is -2.22. The van der Waals surface area contributed by atoms with Crippen LogP contribution >= 0.6 is 0 Å². The van der Waals surface area contributed by atoms with Gasteiger partial charge in [0.15, 0.2) is 0 Å². The Balaban J connectivity index is 1.94. The van der Waals surface area contributed by atoms with Gasteiger partial charge < -0.3 is 5.32 Å². The van der Waals surface area contributed by atoms with E-state index in [1.54, 1.807) is 0 Å². The van der Waals surface area contributed by atoms with Crippen molar-refractivity contribution in [2.24, 2.45) is 11.8 Å². The number of nitrogens with one attached hydrogen (secondary N) is 1. The van der Waals surface area contributed by atoms with E-state index in [1.165, 1.54) is 11.1 Å². The summed E-state index contributed by atoms with van der Waals surface area (Å²) in [5.41, 5.74) is 4.82. The van der Waals surface area contributed by atoms with Crippen molar-refractivity contribution in [3.63, 3.8) is 0 Å². The molecule has 0 heterocycles. The first-order chi connectivity index (χ1) is 11.1. The van der Waals surface area contributed by atoms with E-state index in [9.17, 15) is 0 Å². The van der Waals surface area contributed by atoms with Crippen LogP contribution in [0, 0.1) is 11.8 Å². The highest BCUT2D eigenvalue weighted by molar-refractivity contribution is 5.49. The molecule has 0 aliphatic rings. The van der Waals surface area contributed by atoms with Crippen LogP contribution in [0.25, 0.3) is 0 Å². The Morgan fingerprint density at radius 2 is 1.61 bits per heavy atom. The average Bonchev–Trinajstić information content (AvgIpc) is 2.57. The van der Waals surface area contributed by atoms with Crippen molar-refractivity contribution in [1.82, 2.24) is 0 Å². The lowest BCUT2D eigenvalue weighted by Crippen LogP contribution is -2.15. The quantitative estimate of drug-likeness (QED) is 0.585. The second kappa shape index (κ2) is 8.38. The number of rotatable bonds is 8. The van der Waals surface area contributed by atoms with Crippen LogP contribution in [0.5, 0.6) is 0 Å². The second-order valence-electron chi connectivity index (χ2n) is 6.30. The van der Waals surface area contributed by atoms with Gasteiger partial charge in [-0.2, -0.15) is 0 Å². The van der Waals surface area contributed by atoms with E-state index < -0.39 is 0 Å². The third-order valence-electron chi connectivity index (χ3n) is 4.45. The van der Waals surface area contributed by atoms with Crippen LogP contribution in [0.4, 0.5) is 5.69 Å². The Morgan fingerprint density at radius 3 is 2.22 bits per heavy atom. The maximum absolute atomic E-state index is 4.20. The summed E-state index contributed by atoms with van der Waals surface area (Å²) >= 11 is 0. The van der Waals surface area contributed by atoms with Crippen molar-refractivity contribution in [1.29, 1.82) is 0 Å². The molecule has 2 aromatic carbocycles.